The molecular formula is C4H9BClO. The van der Waals surface area contributed by atoms with E-state index in [1.807, 2.05) is 0 Å². The van der Waals surface area contributed by atoms with Gasteiger partial charge in [0, 0.05) is 21.6 Å². The first-order valence-corrected chi connectivity index (χ1v) is 2.08. The van der Waals surface area contributed by atoms with E-state index in [2.05, 4.69) is 0 Å². The van der Waals surface area contributed by atoms with E-state index in [4.69, 9.17) is 4.74 Å². The summed E-state index contributed by atoms with van der Waals surface area (Å²) in [6, 6.07) is 0. The van der Waals surface area contributed by atoms with Gasteiger partial charge in [-0.1, -0.05) is 0 Å². The van der Waals surface area contributed by atoms with E-state index in [0.29, 0.717) is 0 Å². The normalized spacial score (nSPS) is 17.1. The summed E-state index contributed by atoms with van der Waals surface area (Å²) in [7, 11) is 0. The molecule has 1 fully saturated rings. The number of halogens is 1. The van der Waals surface area contributed by atoms with Crippen molar-refractivity contribution >= 4 is 20.8 Å². The summed E-state index contributed by atoms with van der Waals surface area (Å²) in [6.45, 7) is 2.00. The Labute approximate surface area is 52.4 Å². The second-order valence-electron chi connectivity index (χ2n) is 1.32. The molecule has 0 aromatic rings. The summed E-state index contributed by atoms with van der Waals surface area (Å²) in [5.74, 6) is 0. The molecule has 0 bridgehead atoms. The monoisotopic (exact) mass is 119 g/mol. The minimum atomic E-state index is 0. The SMILES string of the molecule is C1CCOC1.Cl.[B]. The third-order valence-electron chi connectivity index (χ3n) is 0.827. The second-order valence-corrected chi connectivity index (χ2v) is 1.32. The third-order valence-corrected chi connectivity index (χ3v) is 0.827. The first kappa shape index (κ1) is 10.3. The van der Waals surface area contributed by atoms with E-state index < -0.39 is 0 Å². The van der Waals surface area contributed by atoms with Crippen molar-refractivity contribution < 1.29 is 4.74 Å². The fraction of sp³-hybridized carbons (Fsp3) is 1.00. The van der Waals surface area contributed by atoms with E-state index in [-0.39, 0.29) is 20.8 Å². The number of rotatable bonds is 0. The molecular weight excluding hydrogens is 110 g/mol. The van der Waals surface area contributed by atoms with Crippen LogP contribution in [0.4, 0.5) is 0 Å². The molecule has 0 N–H and O–H groups in total. The van der Waals surface area contributed by atoms with Crippen molar-refractivity contribution in [2.24, 2.45) is 0 Å². The van der Waals surface area contributed by atoms with Gasteiger partial charge in [0.25, 0.3) is 0 Å². The summed E-state index contributed by atoms with van der Waals surface area (Å²) >= 11 is 0. The highest BCUT2D eigenvalue weighted by molar-refractivity contribution is 5.85. The summed E-state index contributed by atoms with van der Waals surface area (Å²) < 4.78 is 4.94. The van der Waals surface area contributed by atoms with Gasteiger partial charge in [0.2, 0.25) is 0 Å². The van der Waals surface area contributed by atoms with Crippen molar-refractivity contribution in [1.29, 1.82) is 0 Å². The smallest absolute Gasteiger partial charge is 0.0466 e. The van der Waals surface area contributed by atoms with Crippen LogP contribution in [0.1, 0.15) is 12.8 Å². The highest BCUT2D eigenvalue weighted by Gasteiger charge is 1.94. The van der Waals surface area contributed by atoms with E-state index >= 15 is 0 Å². The van der Waals surface area contributed by atoms with Crippen LogP contribution in [-0.2, 0) is 4.74 Å². The molecule has 7 heavy (non-hydrogen) atoms. The van der Waals surface area contributed by atoms with E-state index in [1.165, 1.54) is 12.8 Å². The molecule has 0 amide bonds. The van der Waals surface area contributed by atoms with Crippen molar-refractivity contribution in [3.05, 3.63) is 0 Å². The molecule has 1 saturated heterocycles. The van der Waals surface area contributed by atoms with Crippen molar-refractivity contribution in [3.8, 4) is 0 Å². The van der Waals surface area contributed by atoms with Crippen LogP contribution in [0.3, 0.4) is 0 Å². The van der Waals surface area contributed by atoms with Gasteiger partial charge in [-0.2, -0.15) is 0 Å². The predicted molar refractivity (Wildman–Crippen MR) is 33.1 cm³/mol. The number of hydrogen-bond acceptors (Lipinski definition) is 1. The fourth-order valence-corrected chi connectivity index (χ4v) is 0.510. The summed E-state index contributed by atoms with van der Waals surface area (Å²) in [6.07, 6.45) is 2.56. The lowest BCUT2D eigenvalue weighted by atomic mass is 10.4. The largest absolute Gasteiger partial charge is 0.381 e. The van der Waals surface area contributed by atoms with Gasteiger partial charge in [-0.05, 0) is 12.8 Å². The molecule has 1 heterocycles. The maximum Gasteiger partial charge on any atom is 0.0466 e. The lowest BCUT2D eigenvalue weighted by Crippen LogP contribution is -1.74. The number of ether oxygens (including phenoxy) is 1. The molecule has 1 rings (SSSR count). The van der Waals surface area contributed by atoms with Crippen molar-refractivity contribution in [1.82, 2.24) is 0 Å². The van der Waals surface area contributed by atoms with Crippen LogP contribution >= 0.6 is 12.4 Å². The van der Waals surface area contributed by atoms with E-state index in [9.17, 15) is 0 Å². The average molecular weight is 119 g/mol. The van der Waals surface area contributed by atoms with Crippen molar-refractivity contribution in [2.45, 2.75) is 12.8 Å². The Morgan fingerprint density at radius 1 is 1.00 bits per heavy atom. The average Bonchev–Trinajstić information content (AvgIpc) is 1.76. The van der Waals surface area contributed by atoms with E-state index in [1.54, 1.807) is 0 Å². The number of hydrogen-bond donors (Lipinski definition) is 0. The Balaban J connectivity index is 0. The zero-order valence-corrected chi connectivity index (χ0v) is 5.04. The van der Waals surface area contributed by atoms with Crippen LogP contribution in [0.25, 0.3) is 0 Å². The van der Waals surface area contributed by atoms with Crippen LogP contribution in [-0.4, -0.2) is 21.6 Å². The summed E-state index contributed by atoms with van der Waals surface area (Å²) in [5.41, 5.74) is 0. The maximum atomic E-state index is 4.94. The molecule has 0 spiro atoms. The van der Waals surface area contributed by atoms with Gasteiger partial charge in [-0.3, -0.25) is 0 Å². The van der Waals surface area contributed by atoms with Crippen LogP contribution in [0.5, 0.6) is 0 Å². The van der Waals surface area contributed by atoms with Gasteiger partial charge < -0.3 is 4.74 Å². The molecule has 0 aromatic carbocycles. The highest BCUT2D eigenvalue weighted by Crippen LogP contribution is 1.98. The molecule has 0 saturated carbocycles. The molecule has 1 aliphatic heterocycles. The molecule has 1 nitrogen and oxygen atoms in total. The molecule has 3 heteroatoms. The Morgan fingerprint density at radius 2 is 1.43 bits per heavy atom. The van der Waals surface area contributed by atoms with Gasteiger partial charge >= 0.3 is 0 Å². The molecule has 41 valence electrons. The summed E-state index contributed by atoms with van der Waals surface area (Å²) in [5, 5.41) is 0. The van der Waals surface area contributed by atoms with Crippen LogP contribution in [0.2, 0.25) is 0 Å². The van der Waals surface area contributed by atoms with Gasteiger partial charge in [-0.15, -0.1) is 12.4 Å². The topological polar surface area (TPSA) is 9.23 Å². The lowest BCUT2D eigenvalue weighted by molar-refractivity contribution is 0.198. The molecule has 0 atom stereocenters. The van der Waals surface area contributed by atoms with Crippen molar-refractivity contribution in [2.75, 3.05) is 13.2 Å². The van der Waals surface area contributed by atoms with E-state index in [0.717, 1.165) is 13.2 Å². The molecule has 3 radical (unpaired) electrons. The van der Waals surface area contributed by atoms with Crippen molar-refractivity contribution in [3.63, 3.8) is 0 Å². The summed E-state index contributed by atoms with van der Waals surface area (Å²) in [4.78, 5) is 0. The van der Waals surface area contributed by atoms with Crippen LogP contribution in [0, 0.1) is 0 Å². The van der Waals surface area contributed by atoms with Gasteiger partial charge in [0.1, 0.15) is 0 Å². The Kier molecular flexibility index (Phi) is 9.32. The maximum absolute atomic E-state index is 4.94. The predicted octanol–water partition coefficient (Wildman–Crippen LogP) is 0.838. The minimum Gasteiger partial charge on any atom is -0.381 e. The zero-order valence-electron chi connectivity index (χ0n) is 4.22. The first-order chi connectivity index (χ1) is 2.50. The standard InChI is InChI=1S/C4H8O.B.ClH/c1-2-4-5-3-1;;/h1-4H2;;1H. The fourth-order valence-electron chi connectivity index (χ4n) is 0.510. The van der Waals surface area contributed by atoms with Gasteiger partial charge in [0.15, 0.2) is 0 Å². The van der Waals surface area contributed by atoms with Gasteiger partial charge in [-0.25, -0.2) is 0 Å². The first-order valence-electron chi connectivity index (χ1n) is 2.08. The molecule has 0 unspecified atom stereocenters. The third kappa shape index (κ3) is 4.16. The molecule has 0 aromatic heterocycles. The van der Waals surface area contributed by atoms with Crippen LogP contribution in [0.15, 0.2) is 0 Å². The van der Waals surface area contributed by atoms with Crippen LogP contribution < -0.4 is 0 Å². The second kappa shape index (κ2) is 6.31. The molecule has 1 aliphatic rings. The van der Waals surface area contributed by atoms with Gasteiger partial charge in [0.05, 0.1) is 0 Å². The lowest BCUT2D eigenvalue weighted by Gasteiger charge is -1.76. The Morgan fingerprint density at radius 3 is 1.57 bits per heavy atom. The Hall–Kier alpha value is 0.315. The molecule has 0 aliphatic carbocycles. The quantitative estimate of drug-likeness (QED) is 0.429. The minimum absolute atomic E-state index is 0. The zero-order chi connectivity index (χ0) is 3.54. The highest BCUT2D eigenvalue weighted by atomic mass is 35.5. The Bertz CT molecular complexity index is 23.3.